The van der Waals surface area contributed by atoms with Crippen molar-refractivity contribution in [1.82, 2.24) is 20.2 Å². The number of carbonyl (C=O) groups is 3. The van der Waals surface area contributed by atoms with Gasteiger partial charge in [-0.3, -0.25) is 14.4 Å². The number of ether oxygens (including phenoxy) is 2. The number of rotatable bonds is 10. The maximum Gasteiger partial charge on any atom is 0.302 e. The van der Waals surface area contributed by atoms with Crippen molar-refractivity contribution in [2.45, 2.75) is 96.7 Å². The SMILES string of the molecule is CC[C@@H]1CC[C@@H](OC(C)=O)CC(=O)C[C@H](c2cc(CNC)c(O)c(OC)c2)n2cc3cccc(c3c2)N(CCC(C)=O)C2=CC(=CCN2)[C@H](c2cccc(O)c2)Cc2c[nH]cc2C1. The molecule has 332 valence electrons. The highest BCUT2D eigenvalue weighted by Crippen LogP contribution is 2.40. The molecule has 4 heterocycles. The summed E-state index contributed by atoms with van der Waals surface area (Å²) in [6.07, 6.45) is 16.2. The summed E-state index contributed by atoms with van der Waals surface area (Å²) in [5, 5.41) is 30.4. The molecule has 0 saturated carbocycles. The number of fused-ring (bicyclic) bond motifs is 3. The molecule has 5 aromatic rings. The van der Waals surface area contributed by atoms with Gasteiger partial charge in [0, 0.05) is 92.9 Å². The van der Waals surface area contributed by atoms with Crippen LogP contribution in [-0.2, 0) is 38.5 Å². The van der Waals surface area contributed by atoms with Gasteiger partial charge in [0.1, 0.15) is 29.2 Å². The van der Waals surface area contributed by atoms with Crippen molar-refractivity contribution in [3.05, 3.63) is 131 Å². The van der Waals surface area contributed by atoms with Crippen molar-refractivity contribution >= 4 is 34.0 Å². The number of allylic oxidation sites excluding steroid dienone is 2. The summed E-state index contributed by atoms with van der Waals surface area (Å²) in [4.78, 5) is 45.1. The molecule has 0 saturated heterocycles. The maximum atomic E-state index is 14.4. The molecule has 7 rings (SSSR count). The van der Waals surface area contributed by atoms with Gasteiger partial charge in [0.15, 0.2) is 11.5 Å². The quantitative estimate of drug-likeness (QED) is 0.0863. The summed E-state index contributed by atoms with van der Waals surface area (Å²) >= 11 is 0. The second-order valence-corrected chi connectivity index (χ2v) is 17.1. The van der Waals surface area contributed by atoms with E-state index in [9.17, 15) is 24.6 Å². The van der Waals surface area contributed by atoms with Crippen molar-refractivity contribution in [3.8, 4) is 17.2 Å². The number of esters is 1. The molecule has 5 N–H and O–H groups in total. The van der Waals surface area contributed by atoms with Gasteiger partial charge in [0.25, 0.3) is 0 Å². The number of Topliss-reactive ketones (excluding diaryl/α,β-unsaturated/α-hetero) is 2. The number of aromatic nitrogens is 2. The van der Waals surface area contributed by atoms with E-state index in [1.54, 1.807) is 26.1 Å². The van der Waals surface area contributed by atoms with Gasteiger partial charge in [-0.1, -0.05) is 43.7 Å². The van der Waals surface area contributed by atoms with Gasteiger partial charge in [-0.25, -0.2) is 0 Å². The number of nitrogens with zero attached hydrogens (tertiary/aromatic N) is 2. The zero-order valence-electron chi connectivity index (χ0n) is 37.1. The van der Waals surface area contributed by atoms with E-state index >= 15 is 0 Å². The van der Waals surface area contributed by atoms with E-state index in [1.807, 2.05) is 36.5 Å². The first-order valence-corrected chi connectivity index (χ1v) is 22.1. The van der Waals surface area contributed by atoms with Crippen molar-refractivity contribution in [2.24, 2.45) is 5.92 Å². The Labute approximate surface area is 370 Å². The Kier molecular flexibility index (Phi) is 14.4. The molecule has 63 heavy (non-hydrogen) atoms. The average molecular weight is 856 g/mol. The molecule has 2 aromatic heterocycles. The van der Waals surface area contributed by atoms with Crippen LogP contribution >= 0.6 is 0 Å². The Bertz CT molecular complexity index is 2500. The molecule has 12 nitrogen and oxygen atoms in total. The fraction of sp³-hybridized carbons (Fsp3) is 0.392. The Morgan fingerprint density at radius 3 is 2.46 bits per heavy atom. The van der Waals surface area contributed by atoms with E-state index in [4.69, 9.17) is 9.47 Å². The van der Waals surface area contributed by atoms with E-state index in [0.717, 1.165) is 58.2 Å². The van der Waals surface area contributed by atoms with Crippen LogP contribution in [0, 0.1) is 5.92 Å². The topological polar surface area (TPSA) is 158 Å². The summed E-state index contributed by atoms with van der Waals surface area (Å²) in [6.45, 7) is 6.54. The summed E-state index contributed by atoms with van der Waals surface area (Å²) < 4.78 is 13.6. The minimum atomic E-state index is -0.592. The lowest BCUT2D eigenvalue weighted by Gasteiger charge is -2.32. The van der Waals surface area contributed by atoms with E-state index in [-0.39, 0.29) is 47.7 Å². The van der Waals surface area contributed by atoms with E-state index in [2.05, 4.69) is 74.9 Å². The number of dihydropyridines is 1. The first-order chi connectivity index (χ1) is 30.4. The van der Waals surface area contributed by atoms with Crippen LogP contribution in [0.1, 0.15) is 99.1 Å². The van der Waals surface area contributed by atoms with Crippen LogP contribution in [0.3, 0.4) is 0 Å². The van der Waals surface area contributed by atoms with E-state index in [1.165, 1.54) is 25.2 Å². The molecule has 0 unspecified atom stereocenters. The van der Waals surface area contributed by atoms with E-state index < -0.39 is 18.1 Å². The van der Waals surface area contributed by atoms with Gasteiger partial charge < -0.3 is 44.8 Å². The number of H-pyrrole nitrogens is 1. The zero-order chi connectivity index (χ0) is 44.6. The lowest BCUT2D eigenvalue weighted by molar-refractivity contribution is -0.148. The Balaban J connectivity index is 1.41. The number of benzene rings is 3. The predicted molar refractivity (Wildman–Crippen MR) is 246 cm³/mol. The van der Waals surface area contributed by atoms with Crippen LogP contribution in [0.15, 0.2) is 103 Å². The number of anilines is 1. The van der Waals surface area contributed by atoms with Crippen LogP contribution in [0.5, 0.6) is 17.2 Å². The number of carbonyl (C=O) groups excluding carboxylic acids is 3. The molecule has 2 aliphatic rings. The highest BCUT2D eigenvalue weighted by molar-refractivity contribution is 5.95. The van der Waals surface area contributed by atoms with Gasteiger partial charge in [-0.15, -0.1) is 0 Å². The Hall–Kier alpha value is -6.27. The molecule has 0 radical (unpaired) electrons. The van der Waals surface area contributed by atoms with Crippen LogP contribution in [0.25, 0.3) is 10.8 Å². The van der Waals surface area contributed by atoms with Crippen LogP contribution < -0.4 is 20.3 Å². The van der Waals surface area contributed by atoms with E-state index in [0.29, 0.717) is 50.2 Å². The Morgan fingerprint density at radius 2 is 1.73 bits per heavy atom. The van der Waals surface area contributed by atoms with Gasteiger partial charge in [0.05, 0.1) is 18.8 Å². The third-order valence-electron chi connectivity index (χ3n) is 12.6. The summed E-state index contributed by atoms with van der Waals surface area (Å²) in [6, 6.07) is 16.8. The number of phenolic OH excluding ortho intramolecular Hbond substituents is 2. The second kappa shape index (κ2) is 20.3. The smallest absolute Gasteiger partial charge is 0.302 e. The van der Waals surface area contributed by atoms with Gasteiger partial charge >= 0.3 is 5.97 Å². The van der Waals surface area contributed by atoms with Gasteiger partial charge in [0.2, 0.25) is 0 Å². The van der Waals surface area contributed by atoms with Crippen LogP contribution in [-0.4, -0.2) is 70.7 Å². The van der Waals surface area contributed by atoms with Gasteiger partial charge in [-0.2, -0.15) is 0 Å². The molecule has 0 spiro atoms. The summed E-state index contributed by atoms with van der Waals surface area (Å²) in [5.41, 5.74) is 6.78. The van der Waals surface area contributed by atoms with Crippen molar-refractivity contribution in [2.75, 3.05) is 32.1 Å². The molecule has 2 aliphatic heterocycles. The second-order valence-electron chi connectivity index (χ2n) is 17.1. The highest BCUT2D eigenvalue weighted by atomic mass is 16.5. The fourth-order valence-corrected chi connectivity index (χ4v) is 9.31. The lowest BCUT2D eigenvalue weighted by atomic mass is 9.82. The predicted octanol–water partition coefficient (Wildman–Crippen LogP) is 8.52. The maximum absolute atomic E-state index is 14.4. The number of nitrogens with one attached hydrogen (secondary N) is 3. The van der Waals surface area contributed by atoms with Crippen LogP contribution in [0.4, 0.5) is 5.69 Å². The van der Waals surface area contributed by atoms with Crippen molar-refractivity contribution in [1.29, 1.82) is 0 Å². The third-order valence-corrected chi connectivity index (χ3v) is 12.6. The largest absolute Gasteiger partial charge is 0.508 e. The first-order valence-electron chi connectivity index (χ1n) is 22.1. The fourth-order valence-electron chi connectivity index (χ4n) is 9.31. The van der Waals surface area contributed by atoms with Crippen LogP contribution in [0.2, 0.25) is 0 Å². The Morgan fingerprint density at radius 1 is 0.937 bits per heavy atom. The standard InChI is InChI=1S/C51H61N5O7/c1-6-34-13-14-44(63-33(3)58)25-43(60)26-48(38-20-41(27-52-4)51(61)49(23-38)62-5)55-30-37-10-8-12-47(46(37)31-55)56(18-16-32(2)57)50-24-36(15-17-54-50)45(35-9-7-11-42(59)21-35)22-40-29-53-28-39(40)19-34/h7-12,15,20-21,23-24,28-31,34,44-45,48,52-54,59,61H,6,13-14,16-19,22,25-27H2,1-5H3/t34-,44-,45+,48-/m1/s1. The normalized spacial score (nSPS) is 20.0. The number of methoxy groups -OCH3 is 1. The van der Waals surface area contributed by atoms with Gasteiger partial charge in [-0.05, 0) is 110 Å². The number of aromatic amines is 1. The monoisotopic (exact) mass is 855 g/mol. The summed E-state index contributed by atoms with van der Waals surface area (Å²) in [5.74, 6) is 1.16. The molecule has 0 aliphatic carbocycles. The molecule has 0 fully saturated rings. The highest BCUT2D eigenvalue weighted by Gasteiger charge is 2.29. The molecule has 0 amide bonds. The number of phenols is 2. The number of hydrogen-bond donors (Lipinski definition) is 5. The average Bonchev–Trinajstić information content (AvgIpc) is 3.90. The zero-order valence-corrected chi connectivity index (χ0v) is 37.1. The number of hydrogen-bond acceptors (Lipinski definition) is 10. The van der Waals surface area contributed by atoms with Crippen molar-refractivity contribution in [3.63, 3.8) is 0 Å². The van der Waals surface area contributed by atoms with Crippen molar-refractivity contribution < 1.29 is 34.1 Å². The minimum Gasteiger partial charge on any atom is -0.508 e. The summed E-state index contributed by atoms with van der Waals surface area (Å²) in [7, 11) is 3.32. The first kappa shape index (κ1) is 44.8. The number of ketones is 2. The molecule has 3 aromatic carbocycles. The minimum absolute atomic E-state index is 0.0332. The third kappa shape index (κ3) is 10.7. The molecule has 12 heteroatoms. The molecule has 4 bridgehead atoms. The lowest BCUT2D eigenvalue weighted by Crippen LogP contribution is -2.35. The molecule has 4 atom stereocenters. The number of aromatic hydroxyl groups is 2. The molecular formula is C51H61N5O7. The molecular weight excluding hydrogens is 795 g/mol.